The van der Waals surface area contributed by atoms with E-state index in [0.717, 1.165) is 37.0 Å². The lowest BCUT2D eigenvalue weighted by Crippen LogP contribution is -2.45. The number of rotatable bonds is 1. The van der Waals surface area contributed by atoms with E-state index in [0.29, 0.717) is 5.92 Å². The van der Waals surface area contributed by atoms with Gasteiger partial charge in [-0.1, -0.05) is 25.1 Å². The first-order valence-corrected chi connectivity index (χ1v) is 6.62. The molecule has 2 aliphatic rings. The lowest BCUT2D eigenvalue weighted by atomic mass is 9.65. The molecule has 0 bridgehead atoms. The van der Waals surface area contributed by atoms with Gasteiger partial charge in [-0.05, 0) is 37.7 Å². The Morgan fingerprint density at radius 3 is 2.67 bits per heavy atom. The van der Waals surface area contributed by atoms with Crippen LogP contribution in [0.4, 0.5) is 0 Å². The van der Waals surface area contributed by atoms with Crippen molar-refractivity contribution in [1.29, 1.82) is 0 Å². The van der Waals surface area contributed by atoms with Crippen molar-refractivity contribution >= 4 is 5.97 Å². The van der Waals surface area contributed by atoms with E-state index in [1.165, 1.54) is 0 Å². The predicted octanol–water partition coefficient (Wildman–Crippen LogP) is 2.98. The lowest BCUT2D eigenvalue weighted by molar-refractivity contribution is -0.148. The maximum Gasteiger partial charge on any atom is 0.345 e. The molecule has 1 heterocycles. The number of aliphatic carboxylic acids is 1. The number of carbonyl (C=O) groups is 1. The number of para-hydroxylation sites is 1. The topological polar surface area (TPSA) is 46.5 Å². The summed E-state index contributed by atoms with van der Waals surface area (Å²) in [6.07, 6.45) is 3.30. The molecule has 1 aliphatic carbocycles. The molecule has 96 valence electrons. The highest BCUT2D eigenvalue weighted by molar-refractivity contribution is 5.77. The van der Waals surface area contributed by atoms with E-state index in [-0.39, 0.29) is 5.41 Å². The third-order valence-electron chi connectivity index (χ3n) is 4.56. The van der Waals surface area contributed by atoms with Crippen LogP contribution in [0.2, 0.25) is 0 Å². The van der Waals surface area contributed by atoms with Crippen LogP contribution < -0.4 is 4.74 Å². The average molecular weight is 246 g/mol. The van der Waals surface area contributed by atoms with Crippen molar-refractivity contribution in [1.82, 2.24) is 0 Å². The molecule has 3 nitrogen and oxygen atoms in total. The smallest absolute Gasteiger partial charge is 0.345 e. The Hall–Kier alpha value is -1.51. The summed E-state index contributed by atoms with van der Waals surface area (Å²) in [6, 6.07) is 7.81. The zero-order valence-electron chi connectivity index (χ0n) is 10.6. The molecule has 1 fully saturated rings. The Balaban J connectivity index is 2.05. The van der Waals surface area contributed by atoms with Crippen LogP contribution in [-0.2, 0) is 10.2 Å². The third kappa shape index (κ3) is 1.53. The number of hydrogen-bond acceptors (Lipinski definition) is 2. The Morgan fingerprint density at radius 2 is 2.00 bits per heavy atom. The molecule has 18 heavy (non-hydrogen) atoms. The molecule has 0 aromatic heterocycles. The van der Waals surface area contributed by atoms with Crippen LogP contribution >= 0.6 is 0 Å². The van der Waals surface area contributed by atoms with Crippen molar-refractivity contribution in [3.05, 3.63) is 29.8 Å². The van der Waals surface area contributed by atoms with Crippen molar-refractivity contribution in [2.75, 3.05) is 0 Å². The number of fused-ring (bicyclic) bond motifs is 2. The molecule has 1 aromatic carbocycles. The molecule has 0 radical (unpaired) electrons. The maximum absolute atomic E-state index is 11.5. The predicted molar refractivity (Wildman–Crippen MR) is 67.8 cm³/mol. The first-order chi connectivity index (χ1) is 8.63. The minimum Gasteiger partial charge on any atom is -0.478 e. The summed E-state index contributed by atoms with van der Waals surface area (Å²) in [7, 11) is 0. The van der Waals surface area contributed by atoms with Gasteiger partial charge in [0, 0.05) is 11.0 Å². The average Bonchev–Trinajstić information content (AvgIpc) is 2.69. The van der Waals surface area contributed by atoms with Gasteiger partial charge in [-0.3, -0.25) is 0 Å². The quantitative estimate of drug-likeness (QED) is 0.828. The van der Waals surface area contributed by atoms with Gasteiger partial charge in [-0.25, -0.2) is 4.79 Å². The molecule has 0 amide bonds. The Bertz CT molecular complexity index is 472. The zero-order valence-corrected chi connectivity index (χ0v) is 10.6. The van der Waals surface area contributed by atoms with Gasteiger partial charge in [-0.15, -0.1) is 0 Å². The molecule has 1 atom stereocenters. The van der Waals surface area contributed by atoms with Gasteiger partial charge >= 0.3 is 5.97 Å². The van der Waals surface area contributed by atoms with E-state index < -0.39 is 12.1 Å². The number of carboxylic acids is 1. The fourth-order valence-electron chi connectivity index (χ4n) is 3.46. The molecule has 1 spiro atoms. The summed E-state index contributed by atoms with van der Waals surface area (Å²) >= 11 is 0. The fraction of sp³-hybridized carbons (Fsp3) is 0.533. The van der Waals surface area contributed by atoms with Crippen molar-refractivity contribution < 1.29 is 14.6 Å². The van der Waals surface area contributed by atoms with Crippen molar-refractivity contribution in [2.45, 2.75) is 44.1 Å². The monoisotopic (exact) mass is 246 g/mol. The summed E-state index contributed by atoms with van der Waals surface area (Å²) < 4.78 is 5.70. The summed E-state index contributed by atoms with van der Waals surface area (Å²) in [5, 5.41) is 9.44. The third-order valence-corrected chi connectivity index (χ3v) is 4.56. The highest BCUT2D eigenvalue weighted by Gasteiger charge is 2.53. The normalized spacial score (nSPS) is 34.1. The molecule has 1 aromatic rings. The second kappa shape index (κ2) is 4.01. The van der Waals surface area contributed by atoms with Crippen LogP contribution in [0, 0.1) is 5.92 Å². The first-order valence-electron chi connectivity index (χ1n) is 6.62. The van der Waals surface area contributed by atoms with Crippen molar-refractivity contribution in [3.63, 3.8) is 0 Å². The SMILES string of the molecule is CC1CCC2(CC1)c1ccccc1OC2C(=O)O. The standard InChI is InChI=1S/C15H18O3/c1-10-6-8-15(9-7-10)11-4-2-3-5-12(11)18-13(15)14(16)17/h2-5,10,13H,6-9H2,1H3,(H,16,17). The van der Waals surface area contributed by atoms with E-state index >= 15 is 0 Å². The van der Waals surface area contributed by atoms with Crippen molar-refractivity contribution in [3.8, 4) is 5.75 Å². The molecular formula is C15H18O3. The molecular weight excluding hydrogens is 228 g/mol. The van der Waals surface area contributed by atoms with Gasteiger partial charge < -0.3 is 9.84 Å². The van der Waals surface area contributed by atoms with E-state index in [2.05, 4.69) is 6.92 Å². The van der Waals surface area contributed by atoms with Gasteiger partial charge in [0.2, 0.25) is 6.10 Å². The highest BCUT2D eigenvalue weighted by Crippen LogP contribution is 2.52. The fourth-order valence-corrected chi connectivity index (χ4v) is 3.46. The lowest BCUT2D eigenvalue weighted by Gasteiger charge is -2.38. The Labute approximate surface area is 107 Å². The molecule has 1 unspecified atom stereocenters. The highest BCUT2D eigenvalue weighted by atomic mass is 16.5. The number of carboxylic acid groups (broad SMARTS) is 1. The summed E-state index contributed by atoms with van der Waals surface area (Å²) in [5.41, 5.74) is 0.805. The van der Waals surface area contributed by atoms with Crippen LogP contribution in [-0.4, -0.2) is 17.2 Å². The molecule has 3 heteroatoms. The summed E-state index contributed by atoms with van der Waals surface area (Å²) in [5.74, 6) is 0.623. The number of hydrogen-bond donors (Lipinski definition) is 1. The minimum atomic E-state index is -0.833. The second-order valence-corrected chi connectivity index (χ2v) is 5.67. The van der Waals surface area contributed by atoms with Gasteiger partial charge in [0.1, 0.15) is 5.75 Å². The molecule has 3 rings (SSSR count). The summed E-state index contributed by atoms with van der Waals surface area (Å²) in [6.45, 7) is 2.24. The largest absolute Gasteiger partial charge is 0.478 e. The van der Waals surface area contributed by atoms with Gasteiger partial charge in [0.25, 0.3) is 0 Å². The van der Waals surface area contributed by atoms with Gasteiger partial charge in [0.15, 0.2) is 0 Å². The van der Waals surface area contributed by atoms with Crippen LogP contribution in [0.15, 0.2) is 24.3 Å². The van der Waals surface area contributed by atoms with Crippen molar-refractivity contribution in [2.24, 2.45) is 5.92 Å². The number of benzene rings is 1. The first kappa shape index (κ1) is 11.6. The zero-order chi connectivity index (χ0) is 12.8. The number of ether oxygens (including phenoxy) is 1. The second-order valence-electron chi connectivity index (χ2n) is 5.67. The summed E-state index contributed by atoms with van der Waals surface area (Å²) in [4.78, 5) is 11.5. The van der Waals surface area contributed by atoms with Crippen LogP contribution in [0.3, 0.4) is 0 Å². The minimum absolute atomic E-state index is 0.297. The van der Waals surface area contributed by atoms with E-state index in [4.69, 9.17) is 4.74 Å². The molecule has 1 saturated carbocycles. The van der Waals surface area contributed by atoms with Gasteiger partial charge in [-0.2, -0.15) is 0 Å². The Morgan fingerprint density at radius 1 is 1.33 bits per heavy atom. The van der Waals surface area contributed by atoms with Crippen LogP contribution in [0.1, 0.15) is 38.2 Å². The molecule has 0 saturated heterocycles. The maximum atomic E-state index is 11.5. The van der Waals surface area contributed by atoms with Gasteiger partial charge in [0.05, 0.1) is 0 Å². The molecule has 1 N–H and O–H groups in total. The van der Waals surface area contributed by atoms with E-state index in [1.807, 2.05) is 24.3 Å². The Kier molecular flexibility index (Phi) is 2.58. The van der Waals surface area contributed by atoms with E-state index in [9.17, 15) is 9.90 Å². The van der Waals surface area contributed by atoms with E-state index in [1.54, 1.807) is 0 Å². The van der Waals surface area contributed by atoms with Crippen LogP contribution in [0.5, 0.6) is 5.75 Å². The van der Waals surface area contributed by atoms with Crippen LogP contribution in [0.25, 0.3) is 0 Å². The molecule has 1 aliphatic heterocycles.